The quantitative estimate of drug-likeness (QED) is 0.558. The summed E-state index contributed by atoms with van der Waals surface area (Å²) in [6, 6.07) is 7.08. The maximum Gasteiger partial charge on any atom is 0.290 e. The fraction of sp³-hybridized carbons (Fsp3) is 0.375. The molecule has 0 radical (unpaired) electrons. The van der Waals surface area contributed by atoms with Gasteiger partial charge in [0.1, 0.15) is 11.5 Å². The molecule has 0 N–H and O–H groups in total. The third-order valence-corrected chi connectivity index (χ3v) is 6.43. The normalized spacial score (nSPS) is 20.0. The van der Waals surface area contributed by atoms with Gasteiger partial charge in [-0.25, -0.2) is 8.42 Å². The van der Waals surface area contributed by atoms with Crippen LogP contribution in [0.15, 0.2) is 39.6 Å². The van der Waals surface area contributed by atoms with Crippen molar-refractivity contribution in [1.29, 1.82) is 0 Å². The van der Waals surface area contributed by atoms with Gasteiger partial charge in [0, 0.05) is 24.1 Å². The van der Waals surface area contributed by atoms with Crippen LogP contribution in [0.4, 0.5) is 5.69 Å². The Hall–Kier alpha value is -1.90. The average Bonchev–Trinajstić information content (AvgIpc) is 3.09. The van der Waals surface area contributed by atoms with Crippen molar-refractivity contribution in [3.8, 4) is 0 Å². The molecule has 1 aliphatic carbocycles. The lowest BCUT2D eigenvalue weighted by Gasteiger charge is -2.16. The van der Waals surface area contributed by atoms with Crippen LogP contribution in [0.25, 0.3) is 0 Å². The summed E-state index contributed by atoms with van der Waals surface area (Å²) >= 11 is 5.74. The van der Waals surface area contributed by atoms with Gasteiger partial charge in [-0.1, -0.05) is 18.5 Å². The molecular weight excluding hydrogens is 368 g/mol. The van der Waals surface area contributed by atoms with Crippen LogP contribution in [0.1, 0.15) is 30.8 Å². The van der Waals surface area contributed by atoms with Crippen LogP contribution in [0.2, 0.25) is 5.02 Å². The van der Waals surface area contributed by atoms with Gasteiger partial charge in [-0.2, -0.15) is 4.31 Å². The molecule has 1 aromatic carbocycles. The van der Waals surface area contributed by atoms with Crippen LogP contribution >= 0.6 is 11.6 Å². The van der Waals surface area contributed by atoms with Crippen molar-refractivity contribution in [2.24, 2.45) is 5.92 Å². The molecule has 0 bridgehead atoms. The molecule has 1 heterocycles. The van der Waals surface area contributed by atoms with E-state index >= 15 is 0 Å². The predicted molar refractivity (Wildman–Crippen MR) is 92.0 cm³/mol. The fourth-order valence-electron chi connectivity index (χ4n) is 2.72. The molecule has 1 saturated carbocycles. The van der Waals surface area contributed by atoms with Crippen molar-refractivity contribution in [2.45, 2.75) is 30.7 Å². The summed E-state index contributed by atoms with van der Waals surface area (Å²) in [5, 5.41) is 11.3. The van der Waals surface area contributed by atoms with E-state index in [2.05, 4.69) is 6.92 Å². The van der Waals surface area contributed by atoms with E-state index in [1.54, 1.807) is 6.07 Å². The van der Waals surface area contributed by atoms with E-state index in [-0.39, 0.29) is 11.6 Å². The summed E-state index contributed by atoms with van der Waals surface area (Å²) in [6.07, 6.45) is 1.07. The van der Waals surface area contributed by atoms with E-state index in [4.69, 9.17) is 16.0 Å². The minimum atomic E-state index is -4.06. The summed E-state index contributed by atoms with van der Waals surface area (Å²) in [5.74, 6) is 2.33. The number of hydrogen-bond acceptors (Lipinski definition) is 5. The molecule has 0 amide bonds. The van der Waals surface area contributed by atoms with Crippen molar-refractivity contribution in [3.05, 3.63) is 57.0 Å². The van der Waals surface area contributed by atoms with Gasteiger partial charge in [-0.3, -0.25) is 10.1 Å². The van der Waals surface area contributed by atoms with Crippen LogP contribution in [0.5, 0.6) is 0 Å². The lowest BCUT2D eigenvalue weighted by atomic mass is 10.3. The van der Waals surface area contributed by atoms with Crippen LogP contribution in [0.3, 0.4) is 0 Å². The number of benzene rings is 1. The summed E-state index contributed by atoms with van der Waals surface area (Å²) in [7, 11) is -2.71. The third-order valence-electron chi connectivity index (χ3n) is 4.34. The molecule has 1 aromatic heterocycles. The zero-order valence-corrected chi connectivity index (χ0v) is 15.2. The summed E-state index contributed by atoms with van der Waals surface area (Å²) in [4.78, 5) is 10.0. The highest BCUT2D eigenvalue weighted by Crippen LogP contribution is 2.47. The maximum atomic E-state index is 12.7. The lowest BCUT2D eigenvalue weighted by molar-refractivity contribution is -0.387. The smallest absolute Gasteiger partial charge is 0.290 e. The van der Waals surface area contributed by atoms with E-state index in [0.29, 0.717) is 17.6 Å². The number of nitrogens with zero attached hydrogens (tertiary/aromatic N) is 2. The number of nitro groups is 1. The average molecular weight is 385 g/mol. The number of sulfonamides is 1. The second-order valence-corrected chi connectivity index (χ2v) is 8.70. The summed E-state index contributed by atoms with van der Waals surface area (Å²) in [5.41, 5.74) is -0.550. The molecule has 25 heavy (non-hydrogen) atoms. The van der Waals surface area contributed by atoms with Crippen molar-refractivity contribution in [2.75, 3.05) is 7.05 Å². The van der Waals surface area contributed by atoms with Crippen molar-refractivity contribution < 1.29 is 17.8 Å². The Kier molecular flexibility index (Phi) is 4.61. The van der Waals surface area contributed by atoms with Crippen molar-refractivity contribution >= 4 is 27.3 Å². The Labute approximate surface area is 150 Å². The summed E-state index contributed by atoms with van der Waals surface area (Å²) < 4.78 is 32.2. The Morgan fingerprint density at radius 3 is 2.64 bits per heavy atom. The molecule has 0 spiro atoms. The molecule has 3 rings (SSSR count). The molecule has 1 fully saturated rings. The third kappa shape index (κ3) is 3.56. The number of halogens is 1. The van der Waals surface area contributed by atoms with Crippen LogP contribution in [-0.2, 0) is 16.6 Å². The first-order chi connectivity index (χ1) is 11.7. The van der Waals surface area contributed by atoms with Gasteiger partial charge in [0.15, 0.2) is 4.90 Å². The number of hydrogen-bond donors (Lipinski definition) is 0. The Balaban J connectivity index is 1.84. The first-order valence-electron chi connectivity index (χ1n) is 7.69. The molecule has 0 saturated heterocycles. The van der Waals surface area contributed by atoms with Crippen LogP contribution in [0, 0.1) is 16.0 Å². The summed E-state index contributed by atoms with van der Waals surface area (Å²) in [6.45, 7) is 2.12. The van der Waals surface area contributed by atoms with Gasteiger partial charge >= 0.3 is 0 Å². The molecule has 0 aliphatic heterocycles. The molecule has 9 heteroatoms. The highest BCUT2D eigenvalue weighted by atomic mass is 35.5. The van der Waals surface area contributed by atoms with E-state index in [9.17, 15) is 18.5 Å². The van der Waals surface area contributed by atoms with Gasteiger partial charge in [-0.05, 0) is 36.6 Å². The maximum absolute atomic E-state index is 12.7. The fourth-order valence-corrected chi connectivity index (χ4v) is 4.16. The van der Waals surface area contributed by atoms with E-state index in [0.717, 1.165) is 28.6 Å². The highest BCUT2D eigenvalue weighted by Gasteiger charge is 2.37. The Morgan fingerprint density at radius 1 is 1.36 bits per heavy atom. The Bertz CT molecular complexity index is 924. The van der Waals surface area contributed by atoms with Gasteiger partial charge < -0.3 is 4.42 Å². The predicted octanol–water partition coefficient (Wildman–Crippen LogP) is 3.79. The van der Waals surface area contributed by atoms with Crippen LogP contribution in [-0.4, -0.2) is 24.7 Å². The van der Waals surface area contributed by atoms with Crippen molar-refractivity contribution in [1.82, 2.24) is 4.31 Å². The number of rotatable bonds is 6. The van der Waals surface area contributed by atoms with Gasteiger partial charge in [0.2, 0.25) is 10.0 Å². The monoisotopic (exact) mass is 384 g/mol. The zero-order valence-electron chi connectivity index (χ0n) is 13.7. The molecule has 2 aromatic rings. The molecule has 2 unspecified atom stereocenters. The number of furan rings is 1. The Morgan fingerprint density at radius 2 is 2.04 bits per heavy atom. The molecule has 1 aliphatic rings. The van der Waals surface area contributed by atoms with Crippen LogP contribution < -0.4 is 0 Å². The molecular formula is C16H17ClN2O5S. The largest absolute Gasteiger partial charge is 0.464 e. The van der Waals surface area contributed by atoms with E-state index < -0.39 is 25.5 Å². The van der Waals surface area contributed by atoms with Crippen molar-refractivity contribution in [3.63, 3.8) is 0 Å². The first kappa shape index (κ1) is 17.9. The first-order valence-corrected chi connectivity index (χ1v) is 9.51. The molecule has 2 atom stereocenters. The second-order valence-electron chi connectivity index (χ2n) is 6.25. The van der Waals surface area contributed by atoms with Gasteiger partial charge in [0.25, 0.3) is 5.69 Å². The standard InChI is InChI=1S/C16H17ClN2O5S/c1-10-7-13(10)15-5-4-12(24-15)9-18(2)25(22,23)16-6-3-11(17)8-14(16)19(20)21/h3-6,8,10,13H,7,9H2,1-2H3. The topological polar surface area (TPSA) is 93.7 Å². The van der Waals surface area contributed by atoms with E-state index in [1.165, 1.54) is 13.1 Å². The minimum absolute atomic E-state index is 0.0107. The second kappa shape index (κ2) is 6.44. The lowest BCUT2D eigenvalue weighted by Crippen LogP contribution is -2.27. The van der Waals surface area contributed by atoms with E-state index in [1.807, 2.05) is 6.07 Å². The zero-order chi connectivity index (χ0) is 18.4. The highest BCUT2D eigenvalue weighted by molar-refractivity contribution is 7.89. The van der Waals surface area contributed by atoms with Gasteiger partial charge in [0.05, 0.1) is 11.5 Å². The SMILES string of the molecule is CC1CC1c1ccc(CN(C)S(=O)(=O)c2ccc(Cl)cc2[N+](=O)[O-])o1. The molecule has 7 nitrogen and oxygen atoms in total. The number of nitro benzene ring substituents is 1. The molecule has 134 valence electrons. The van der Waals surface area contributed by atoms with Gasteiger partial charge in [-0.15, -0.1) is 0 Å². The minimum Gasteiger partial charge on any atom is -0.464 e.